The van der Waals surface area contributed by atoms with Crippen LogP contribution in [0.3, 0.4) is 0 Å². The Labute approximate surface area is 419 Å². The molecule has 1 aliphatic heterocycles. The van der Waals surface area contributed by atoms with Crippen LogP contribution in [0, 0.1) is 0 Å². The van der Waals surface area contributed by atoms with Crippen molar-refractivity contribution in [3.63, 3.8) is 0 Å². The van der Waals surface area contributed by atoms with E-state index in [1.54, 1.807) is 6.08 Å². The summed E-state index contributed by atoms with van der Waals surface area (Å²) in [5.74, 6) is -0.183. The molecule has 1 amide bonds. The summed E-state index contributed by atoms with van der Waals surface area (Å²) in [5.41, 5.74) is 0. The zero-order valence-electron chi connectivity index (χ0n) is 44.4. The largest absolute Gasteiger partial charge is 0.394 e. The predicted octanol–water partition coefficient (Wildman–Crippen LogP) is 14.4. The van der Waals surface area contributed by atoms with Gasteiger partial charge in [0.2, 0.25) is 5.91 Å². The lowest BCUT2D eigenvalue weighted by atomic mass is 9.99. The third-order valence-electron chi connectivity index (χ3n) is 13.9. The molecule has 7 unspecified atom stereocenters. The average Bonchev–Trinajstić information content (AvgIpc) is 3.34. The van der Waals surface area contributed by atoms with E-state index in [0.29, 0.717) is 6.42 Å². The maximum Gasteiger partial charge on any atom is 0.220 e. The molecule has 0 saturated carbocycles. The molecule has 0 aliphatic carbocycles. The summed E-state index contributed by atoms with van der Waals surface area (Å²) in [6, 6.07) is -0.819. The molecule has 1 saturated heterocycles. The maximum absolute atomic E-state index is 13.0. The normalized spacial score (nSPS) is 19.8. The van der Waals surface area contributed by atoms with E-state index in [1.165, 1.54) is 218 Å². The van der Waals surface area contributed by atoms with Gasteiger partial charge in [-0.15, -0.1) is 0 Å². The minimum Gasteiger partial charge on any atom is -0.394 e. The molecule has 6 N–H and O–H groups in total. The summed E-state index contributed by atoms with van der Waals surface area (Å²) in [6.07, 6.45) is 56.6. The number of ether oxygens (including phenoxy) is 2. The molecule has 9 nitrogen and oxygen atoms in total. The van der Waals surface area contributed by atoms with Crippen molar-refractivity contribution in [2.24, 2.45) is 0 Å². The lowest BCUT2D eigenvalue weighted by molar-refractivity contribution is -0.302. The molecule has 1 heterocycles. The van der Waals surface area contributed by atoms with Gasteiger partial charge in [0, 0.05) is 6.42 Å². The second kappa shape index (κ2) is 49.0. The van der Waals surface area contributed by atoms with Gasteiger partial charge in [0.25, 0.3) is 0 Å². The molecule has 1 fully saturated rings. The molecular formula is C59H111NO8. The van der Waals surface area contributed by atoms with Gasteiger partial charge >= 0.3 is 0 Å². The van der Waals surface area contributed by atoms with Gasteiger partial charge in [-0.3, -0.25) is 4.79 Å². The van der Waals surface area contributed by atoms with Crippen molar-refractivity contribution < 1.29 is 39.8 Å². The zero-order chi connectivity index (χ0) is 49.4. The minimum atomic E-state index is -1.57. The quantitative estimate of drug-likeness (QED) is 0.0261. The molecule has 1 aliphatic rings. The molecule has 68 heavy (non-hydrogen) atoms. The van der Waals surface area contributed by atoms with Crippen LogP contribution in [0.25, 0.3) is 0 Å². The number of carbonyl (C=O) groups is 1. The van der Waals surface area contributed by atoms with Crippen LogP contribution in [-0.2, 0) is 14.3 Å². The van der Waals surface area contributed by atoms with Gasteiger partial charge in [0.1, 0.15) is 24.4 Å². The van der Waals surface area contributed by atoms with Crippen LogP contribution >= 0.6 is 0 Å². The lowest BCUT2D eigenvalue weighted by Crippen LogP contribution is -2.60. The van der Waals surface area contributed by atoms with Crippen molar-refractivity contribution in [2.45, 2.75) is 320 Å². The average molecular weight is 963 g/mol. The Kier molecular flexibility index (Phi) is 46.4. The SMILES string of the molecule is CCCCCCCCCC/C=C\CCCCCCCCCCCCCCCCCCCCCC(=O)NC(COC1OC(CO)C(O)C(O)C1O)C(O)/C=C/CC/C=C/CCCCCCCCCC. The first-order valence-electron chi connectivity index (χ1n) is 29.2. The molecule has 0 spiro atoms. The van der Waals surface area contributed by atoms with Gasteiger partial charge in [-0.2, -0.15) is 0 Å². The molecule has 0 radical (unpaired) electrons. The van der Waals surface area contributed by atoms with Crippen LogP contribution in [0.1, 0.15) is 277 Å². The molecule has 9 heteroatoms. The minimum absolute atomic E-state index is 0.183. The fourth-order valence-corrected chi connectivity index (χ4v) is 9.29. The highest BCUT2D eigenvalue weighted by Gasteiger charge is 2.44. The van der Waals surface area contributed by atoms with Gasteiger partial charge in [-0.1, -0.05) is 249 Å². The molecule has 7 atom stereocenters. The molecule has 0 aromatic heterocycles. The maximum atomic E-state index is 13.0. The summed E-state index contributed by atoms with van der Waals surface area (Å²) in [4.78, 5) is 13.0. The van der Waals surface area contributed by atoms with E-state index in [-0.39, 0.29) is 12.5 Å². The molecule has 0 aromatic rings. The molecule has 1 rings (SSSR count). The van der Waals surface area contributed by atoms with Crippen LogP contribution in [0.15, 0.2) is 36.5 Å². The van der Waals surface area contributed by atoms with E-state index < -0.39 is 49.5 Å². The van der Waals surface area contributed by atoms with Gasteiger partial charge in [0.15, 0.2) is 6.29 Å². The number of unbranched alkanes of at least 4 members (excludes halogenated alkanes) is 36. The van der Waals surface area contributed by atoms with Crippen LogP contribution in [0.2, 0.25) is 0 Å². The van der Waals surface area contributed by atoms with Crippen LogP contribution in [-0.4, -0.2) is 87.5 Å². The molecule has 400 valence electrons. The molecule has 0 bridgehead atoms. The van der Waals surface area contributed by atoms with E-state index in [4.69, 9.17) is 9.47 Å². The van der Waals surface area contributed by atoms with Crippen molar-refractivity contribution >= 4 is 5.91 Å². The third kappa shape index (κ3) is 38.1. The smallest absolute Gasteiger partial charge is 0.220 e. The molecular weight excluding hydrogens is 851 g/mol. The van der Waals surface area contributed by atoms with E-state index >= 15 is 0 Å². The first-order chi connectivity index (χ1) is 33.3. The van der Waals surface area contributed by atoms with Crippen molar-refractivity contribution in [3.8, 4) is 0 Å². The Balaban J connectivity index is 2.14. The molecule has 0 aromatic carbocycles. The highest BCUT2D eigenvalue weighted by Crippen LogP contribution is 2.23. The van der Waals surface area contributed by atoms with E-state index in [2.05, 4.69) is 43.5 Å². The second-order valence-corrected chi connectivity index (χ2v) is 20.4. The number of aliphatic hydroxyl groups is 5. The van der Waals surface area contributed by atoms with Crippen molar-refractivity contribution in [1.29, 1.82) is 0 Å². The number of nitrogens with one attached hydrogen (secondary N) is 1. The number of hydrogen-bond donors (Lipinski definition) is 6. The monoisotopic (exact) mass is 962 g/mol. The Hall–Kier alpha value is -1.59. The Morgan fingerprint density at radius 2 is 0.838 bits per heavy atom. The number of hydrogen-bond acceptors (Lipinski definition) is 8. The van der Waals surface area contributed by atoms with E-state index in [9.17, 15) is 30.3 Å². The zero-order valence-corrected chi connectivity index (χ0v) is 44.4. The topological polar surface area (TPSA) is 149 Å². The second-order valence-electron chi connectivity index (χ2n) is 20.4. The lowest BCUT2D eigenvalue weighted by Gasteiger charge is -2.40. The summed E-state index contributed by atoms with van der Waals surface area (Å²) >= 11 is 0. The first kappa shape index (κ1) is 64.4. The number of rotatable bonds is 50. The van der Waals surface area contributed by atoms with Gasteiger partial charge in [-0.25, -0.2) is 0 Å². The summed E-state index contributed by atoms with van der Waals surface area (Å²) in [7, 11) is 0. The highest BCUT2D eigenvalue weighted by atomic mass is 16.7. The first-order valence-corrected chi connectivity index (χ1v) is 29.2. The van der Waals surface area contributed by atoms with Gasteiger partial charge in [0.05, 0.1) is 25.4 Å². The van der Waals surface area contributed by atoms with E-state index in [1.807, 2.05) is 6.08 Å². The van der Waals surface area contributed by atoms with Crippen LogP contribution in [0.4, 0.5) is 0 Å². The fraction of sp³-hybridized carbons (Fsp3) is 0.881. The number of carbonyl (C=O) groups excluding carboxylic acids is 1. The van der Waals surface area contributed by atoms with E-state index in [0.717, 1.165) is 38.5 Å². The summed E-state index contributed by atoms with van der Waals surface area (Å²) < 4.78 is 11.2. The standard InChI is InChI=1S/C59H111NO8/c1-3-5-7-9-11-13-15-17-19-20-21-22-23-24-25-26-27-28-29-30-31-32-33-34-35-37-39-41-43-45-47-49-55(63)60-52(51-67-59-58(66)57(65)56(64)54(50-61)68-59)53(62)48-46-44-42-40-38-36-18-16-14-12-10-8-6-4-2/h20-21,38,40,46,48,52-54,56-59,61-62,64-66H,3-19,22-37,39,41-45,47,49-51H2,1-2H3,(H,60,63)/b21-20-,40-38+,48-46+. The van der Waals surface area contributed by atoms with Crippen molar-refractivity contribution in [2.75, 3.05) is 13.2 Å². The fourth-order valence-electron chi connectivity index (χ4n) is 9.29. The van der Waals surface area contributed by atoms with Gasteiger partial charge in [-0.05, 0) is 57.8 Å². The van der Waals surface area contributed by atoms with Gasteiger partial charge < -0.3 is 40.3 Å². The summed E-state index contributed by atoms with van der Waals surface area (Å²) in [5, 5.41) is 54.4. The Bertz CT molecular complexity index is 1160. The van der Waals surface area contributed by atoms with Crippen LogP contribution < -0.4 is 5.32 Å². The van der Waals surface area contributed by atoms with Crippen LogP contribution in [0.5, 0.6) is 0 Å². The Morgan fingerprint density at radius 3 is 1.24 bits per heavy atom. The predicted molar refractivity (Wildman–Crippen MR) is 286 cm³/mol. The number of allylic oxidation sites excluding steroid dienone is 5. The third-order valence-corrected chi connectivity index (χ3v) is 13.9. The Morgan fingerprint density at radius 1 is 0.485 bits per heavy atom. The van der Waals surface area contributed by atoms with Crippen molar-refractivity contribution in [3.05, 3.63) is 36.5 Å². The highest BCUT2D eigenvalue weighted by molar-refractivity contribution is 5.76. The summed E-state index contributed by atoms with van der Waals surface area (Å²) in [6.45, 7) is 3.77. The number of aliphatic hydroxyl groups excluding tert-OH is 5. The van der Waals surface area contributed by atoms with Crippen molar-refractivity contribution in [1.82, 2.24) is 5.32 Å². The number of amides is 1.